The summed E-state index contributed by atoms with van der Waals surface area (Å²) in [5, 5.41) is 4.31. The fourth-order valence-corrected chi connectivity index (χ4v) is 4.02. The van der Waals surface area contributed by atoms with Crippen molar-refractivity contribution < 1.29 is 9.53 Å². The number of ether oxygens (including phenoxy) is 1. The molecule has 5 heteroatoms. The van der Waals surface area contributed by atoms with Gasteiger partial charge in [0.1, 0.15) is 5.75 Å². The number of nitrogens with one attached hydrogen (secondary N) is 2. The molecular formula is C22H25N3O2. The lowest BCUT2D eigenvalue weighted by molar-refractivity contribution is 0.179. The van der Waals surface area contributed by atoms with Gasteiger partial charge in [-0.1, -0.05) is 37.3 Å². The average molecular weight is 363 g/mol. The van der Waals surface area contributed by atoms with Crippen LogP contribution in [0.25, 0.3) is 10.9 Å². The molecule has 0 fully saturated rings. The first-order chi connectivity index (χ1) is 13.2. The first-order valence-corrected chi connectivity index (χ1v) is 9.61. The summed E-state index contributed by atoms with van der Waals surface area (Å²) in [5.41, 5.74) is 4.36. The summed E-state index contributed by atoms with van der Waals surface area (Å²) in [6.07, 6.45) is 1.72. The molecule has 1 aliphatic heterocycles. The molecule has 1 atom stereocenters. The van der Waals surface area contributed by atoms with Gasteiger partial charge in [-0.25, -0.2) is 4.79 Å². The van der Waals surface area contributed by atoms with Gasteiger partial charge in [-0.2, -0.15) is 0 Å². The quantitative estimate of drug-likeness (QED) is 0.677. The maximum Gasteiger partial charge on any atom is 0.322 e. The second-order valence-corrected chi connectivity index (χ2v) is 6.79. The summed E-state index contributed by atoms with van der Waals surface area (Å²) in [5.74, 6) is 0.699. The van der Waals surface area contributed by atoms with Crippen molar-refractivity contribution in [1.29, 1.82) is 0 Å². The number of aromatic nitrogens is 1. The first kappa shape index (κ1) is 17.5. The molecule has 3 aromatic rings. The lowest BCUT2D eigenvalue weighted by Crippen LogP contribution is -2.42. The van der Waals surface area contributed by atoms with E-state index in [4.69, 9.17) is 4.74 Å². The van der Waals surface area contributed by atoms with Crippen molar-refractivity contribution in [3.05, 3.63) is 59.8 Å². The number of urea groups is 1. The number of para-hydroxylation sites is 3. The Kier molecular flexibility index (Phi) is 4.75. The van der Waals surface area contributed by atoms with Gasteiger partial charge in [-0.15, -0.1) is 0 Å². The number of fused-ring (bicyclic) bond motifs is 3. The van der Waals surface area contributed by atoms with E-state index in [1.54, 1.807) is 0 Å². The molecule has 27 heavy (non-hydrogen) atoms. The molecule has 2 N–H and O–H groups in total. The topological polar surface area (TPSA) is 57.4 Å². The van der Waals surface area contributed by atoms with Crippen LogP contribution >= 0.6 is 0 Å². The maximum absolute atomic E-state index is 13.1. The lowest BCUT2D eigenvalue weighted by Gasteiger charge is -2.35. The normalized spacial score (nSPS) is 16.2. The van der Waals surface area contributed by atoms with Crippen molar-refractivity contribution in [2.45, 2.75) is 32.7 Å². The van der Waals surface area contributed by atoms with Crippen LogP contribution < -0.4 is 10.1 Å². The number of H-pyrrole nitrogens is 1. The largest absolute Gasteiger partial charge is 0.492 e. The predicted molar refractivity (Wildman–Crippen MR) is 108 cm³/mol. The molecule has 1 aromatic heterocycles. The molecule has 0 saturated heterocycles. The van der Waals surface area contributed by atoms with Crippen molar-refractivity contribution in [2.24, 2.45) is 0 Å². The van der Waals surface area contributed by atoms with Crippen LogP contribution in [0.5, 0.6) is 5.75 Å². The zero-order valence-electron chi connectivity index (χ0n) is 15.8. The zero-order valence-corrected chi connectivity index (χ0v) is 15.8. The lowest BCUT2D eigenvalue weighted by atomic mass is 9.96. The van der Waals surface area contributed by atoms with Gasteiger partial charge < -0.3 is 19.9 Å². The maximum atomic E-state index is 13.1. The summed E-state index contributed by atoms with van der Waals surface area (Å²) < 4.78 is 5.64. The molecule has 0 bridgehead atoms. The predicted octanol–water partition coefficient (Wildman–Crippen LogP) is 5.11. The molecule has 0 radical (unpaired) electrons. The van der Waals surface area contributed by atoms with Crippen LogP contribution in [0, 0.1) is 0 Å². The van der Waals surface area contributed by atoms with Gasteiger partial charge in [0, 0.05) is 23.1 Å². The molecule has 4 rings (SSSR count). The molecule has 2 heterocycles. The Balaban J connectivity index is 1.62. The van der Waals surface area contributed by atoms with Crippen LogP contribution in [0.4, 0.5) is 10.5 Å². The highest BCUT2D eigenvalue weighted by molar-refractivity contribution is 5.92. The minimum absolute atomic E-state index is 0.0420. The number of carbonyl (C=O) groups excluding carboxylic acids is 1. The molecule has 5 nitrogen and oxygen atoms in total. The summed E-state index contributed by atoms with van der Waals surface area (Å²) in [4.78, 5) is 18.5. The number of benzene rings is 2. The monoisotopic (exact) mass is 363 g/mol. The summed E-state index contributed by atoms with van der Waals surface area (Å²) in [6, 6.07) is 15.9. The minimum atomic E-state index is -0.0849. The molecule has 2 amide bonds. The van der Waals surface area contributed by atoms with Crippen LogP contribution in [0.15, 0.2) is 48.5 Å². The molecule has 0 unspecified atom stereocenters. The minimum Gasteiger partial charge on any atom is -0.492 e. The van der Waals surface area contributed by atoms with E-state index in [0.717, 1.165) is 24.1 Å². The van der Waals surface area contributed by atoms with E-state index >= 15 is 0 Å². The van der Waals surface area contributed by atoms with E-state index in [9.17, 15) is 4.79 Å². The van der Waals surface area contributed by atoms with Gasteiger partial charge in [0.15, 0.2) is 0 Å². The van der Waals surface area contributed by atoms with E-state index < -0.39 is 0 Å². The van der Waals surface area contributed by atoms with E-state index in [0.29, 0.717) is 24.6 Å². The Morgan fingerprint density at radius 2 is 1.96 bits per heavy atom. The molecule has 0 aliphatic carbocycles. The smallest absolute Gasteiger partial charge is 0.322 e. The van der Waals surface area contributed by atoms with Gasteiger partial charge >= 0.3 is 6.03 Å². The van der Waals surface area contributed by atoms with Crippen LogP contribution in [0.1, 0.15) is 37.6 Å². The Morgan fingerprint density at radius 1 is 1.19 bits per heavy atom. The molecule has 140 valence electrons. The number of hydrogen-bond donors (Lipinski definition) is 2. The second-order valence-electron chi connectivity index (χ2n) is 6.79. The van der Waals surface area contributed by atoms with E-state index in [-0.39, 0.29) is 12.1 Å². The SMILES string of the molecule is CCOc1ccccc1NC(=O)N1CCc2c([nH]c3ccccc23)[C@@H]1CC. The van der Waals surface area contributed by atoms with Crippen molar-refractivity contribution >= 4 is 22.6 Å². The fourth-order valence-electron chi connectivity index (χ4n) is 4.02. The molecule has 0 saturated carbocycles. The number of carbonyl (C=O) groups is 1. The molecule has 1 aliphatic rings. The van der Waals surface area contributed by atoms with Crippen LogP contribution in [-0.2, 0) is 6.42 Å². The Morgan fingerprint density at radius 3 is 2.78 bits per heavy atom. The highest BCUT2D eigenvalue weighted by atomic mass is 16.5. The van der Waals surface area contributed by atoms with Crippen LogP contribution in [0.3, 0.4) is 0 Å². The fraction of sp³-hybridized carbons (Fsp3) is 0.318. The Hall–Kier alpha value is -2.95. The number of aromatic amines is 1. The second kappa shape index (κ2) is 7.35. The van der Waals surface area contributed by atoms with Crippen LogP contribution in [-0.4, -0.2) is 29.1 Å². The average Bonchev–Trinajstić information content (AvgIpc) is 3.07. The van der Waals surface area contributed by atoms with Crippen molar-refractivity contribution in [1.82, 2.24) is 9.88 Å². The summed E-state index contributed by atoms with van der Waals surface area (Å²) >= 11 is 0. The highest BCUT2D eigenvalue weighted by Crippen LogP contribution is 2.36. The van der Waals surface area contributed by atoms with Gasteiger partial charge in [0.25, 0.3) is 0 Å². The number of nitrogens with zero attached hydrogens (tertiary/aromatic N) is 1. The van der Waals surface area contributed by atoms with E-state index in [1.807, 2.05) is 42.2 Å². The number of amides is 2. The third kappa shape index (κ3) is 3.14. The van der Waals surface area contributed by atoms with Crippen LogP contribution in [0.2, 0.25) is 0 Å². The summed E-state index contributed by atoms with van der Waals surface area (Å²) in [7, 11) is 0. The molecule has 2 aromatic carbocycles. The van der Waals surface area contributed by atoms with Gasteiger partial charge in [0.05, 0.1) is 18.3 Å². The summed E-state index contributed by atoms with van der Waals surface area (Å²) in [6.45, 7) is 5.33. The van der Waals surface area contributed by atoms with Gasteiger partial charge in [0.2, 0.25) is 0 Å². The third-order valence-corrected chi connectivity index (χ3v) is 5.23. The van der Waals surface area contributed by atoms with E-state index in [2.05, 4.69) is 35.4 Å². The van der Waals surface area contributed by atoms with E-state index in [1.165, 1.54) is 10.9 Å². The highest BCUT2D eigenvalue weighted by Gasteiger charge is 2.32. The van der Waals surface area contributed by atoms with Crippen molar-refractivity contribution in [2.75, 3.05) is 18.5 Å². The standard InChI is InChI=1S/C22H25N3O2/c1-3-19-21-16(15-9-5-6-10-17(15)23-21)13-14-25(19)22(26)24-18-11-7-8-12-20(18)27-4-2/h5-12,19,23H,3-4,13-14H2,1-2H3,(H,24,26)/t19-/m0/s1. The van der Waals surface area contributed by atoms with Crippen molar-refractivity contribution in [3.63, 3.8) is 0 Å². The number of anilines is 1. The Labute approximate surface area is 159 Å². The van der Waals surface area contributed by atoms with Gasteiger partial charge in [-0.05, 0) is 43.5 Å². The number of rotatable bonds is 4. The molecule has 0 spiro atoms. The third-order valence-electron chi connectivity index (χ3n) is 5.23. The van der Waals surface area contributed by atoms with Crippen molar-refractivity contribution in [3.8, 4) is 5.75 Å². The first-order valence-electron chi connectivity index (χ1n) is 9.61. The zero-order chi connectivity index (χ0) is 18.8. The Bertz CT molecular complexity index is 963. The van der Waals surface area contributed by atoms with Gasteiger partial charge in [-0.3, -0.25) is 0 Å². The molecular weight excluding hydrogens is 338 g/mol. The number of hydrogen-bond acceptors (Lipinski definition) is 2.